The number of fused-ring (bicyclic) bond motifs is 1. The van der Waals surface area contributed by atoms with Crippen molar-refractivity contribution in [1.82, 2.24) is 4.40 Å². The van der Waals surface area contributed by atoms with Crippen LogP contribution in [0, 0.1) is 11.3 Å². The lowest BCUT2D eigenvalue weighted by atomic mass is 9.94. The van der Waals surface area contributed by atoms with Gasteiger partial charge in [-0.05, 0) is 36.8 Å². The van der Waals surface area contributed by atoms with Gasteiger partial charge < -0.3 is 10.5 Å². The zero-order valence-electron chi connectivity index (χ0n) is 13.5. The maximum absolute atomic E-state index is 12.7. The van der Waals surface area contributed by atoms with Crippen LogP contribution >= 0.6 is 0 Å². The van der Waals surface area contributed by atoms with Crippen molar-refractivity contribution in [3.05, 3.63) is 70.1 Å². The Morgan fingerprint density at radius 1 is 1.24 bits per heavy atom. The van der Waals surface area contributed by atoms with Gasteiger partial charge in [-0.1, -0.05) is 18.2 Å². The topological polar surface area (TPSA) is 97.6 Å². The maximum Gasteiger partial charge on any atom is 0.340 e. The SMILES string of the molecule is CCOC(=O)c1c(-c2ccc(N)cc2)c(C#N)c(=O)n2ccccc12. The summed E-state index contributed by atoms with van der Waals surface area (Å²) in [5.41, 5.74) is 7.04. The van der Waals surface area contributed by atoms with Gasteiger partial charge in [-0.15, -0.1) is 0 Å². The Morgan fingerprint density at radius 3 is 2.60 bits per heavy atom. The number of rotatable bonds is 3. The fourth-order valence-electron chi connectivity index (χ4n) is 2.76. The molecule has 2 N–H and O–H groups in total. The molecule has 0 radical (unpaired) electrons. The van der Waals surface area contributed by atoms with Crippen LogP contribution in [0.5, 0.6) is 0 Å². The molecule has 0 spiro atoms. The molecule has 6 heteroatoms. The molecule has 2 aromatic heterocycles. The van der Waals surface area contributed by atoms with E-state index in [0.717, 1.165) is 0 Å². The first-order valence-corrected chi connectivity index (χ1v) is 7.69. The monoisotopic (exact) mass is 333 g/mol. The van der Waals surface area contributed by atoms with Crippen molar-refractivity contribution in [2.75, 3.05) is 12.3 Å². The van der Waals surface area contributed by atoms with E-state index in [1.54, 1.807) is 49.4 Å². The molecular weight excluding hydrogens is 318 g/mol. The second kappa shape index (κ2) is 6.49. The third-order valence-electron chi connectivity index (χ3n) is 3.84. The van der Waals surface area contributed by atoms with E-state index in [1.807, 2.05) is 6.07 Å². The number of nitrogens with zero attached hydrogens (tertiary/aromatic N) is 2. The number of hydrogen-bond donors (Lipinski definition) is 1. The van der Waals surface area contributed by atoms with E-state index in [9.17, 15) is 14.9 Å². The average molecular weight is 333 g/mol. The van der Waals surface area contributed by atoms with Gasteiger partial charge in [0.05, 0.1) is 17.7 Å². The van der Waals surface area contributed by atoms with E-state index in [4.69, 9.17) is 10.5 Å². The molecule has 2 heterocycles. The number of nitrogens with two attached hydrogens (primary N) is 1. The van der Waals surface area contributed by atoms with Crippen LogP contribution in [0.4, 0.5) is 5.69 Å². The quantitative estimate of drug-likeness (QED) is 0.587. The summed E-state index contributed by atoms with van der Waals surface area (Å²) < 4.78 is 6.46. The van der Waals surface area contributed by atoms with E-state index in [0.29, 0.717) is 16.8 Å². The van der Waals surface area contributed by atoms with Crippen molar-refractivity contribution in [3.8, 4) is 17.2 Å². The van der Waals surface area contributed by atoms with Crippen LogP contribution in [0.1, 0.15) is 22.8 Å². The molecule has 0 atom stereocenters. The number of benzene rings is 1. The summed E-state index contributed by atoms with van der Waals surface area (Å²) in [4.78, 5) is 25.3. The lowest BCUT2D eigenvalue weighted by molar-refractivity contribution is 0.0529. The third kappa shape index (κ3) is 2.72. The number of pyridine rings is 2. The van der Waals surface area contributed by atoms with Crippen molar-refractivity contribution < 1.29 is 9.53 Å². The predicted octanol–water partition coefficient (Wildman–Crippen LogP) is 2.60. The summed E-state index contributed by atoms with van der Waals surface area (Å²) in [6, 6.07) is 13.6. The normalized spacial score (nSPS) is 10.4. The maximum atomic E-state index is 12.7. The molecular formula is C19H15N3O3. The van der Waals surface area contributed by atoms with Gasteiger partial charge in [0.25, 0.3) is 5.56 Å². The Morgan fingerprint density at radius 2 is 1.96 bits per heavy atom. The van der Waals surface area contributed by atoms with Gasteiger partial charge in [-0.3, -0.25) is 9.20 Å². The Bertz CT molecular complexity index is 1060. The van der Waals surface area contributed by atoms with Crippen LogP contribution in [0.15, 0.2) is 53.5 Å². The van der Waals surface area contributed by atoms with Crippen LogP contribution in [0.25, 0.3) is 16.6 Å². The van der Waals surface area contributed by atoms with Crippen molar-refractivity contribution in [2.45, 2.75) is 6.92 Å². The molecule has 0 saturated carbocycles. The van der Waals surface area contributed by atoms with E-state index >= 15 is 0 Å². The van der Waals surface area contributed by atoms with E-state index < -0.39 is 11.5 Å². The zero-order chi connectivity index (χ0) is 18.0. The summed E-state index contributed by atoms with van der Waals surface area (Å²) in [6.45, 7) is 1.88. The average Bonchev–Trinajstić information content (AvgIpc) is 2.62. The minimum Gasteiger partial charge on any atom is -0.462 e. The molecule has 0 fully saturated rings. The molecule has 0 aliphatic carbocycles. The number of nitrogen functional groups attached to an aromatic ring is 1. The van der Waals surface area contributed by atoms with E-state index in [-0.39, 0.29) is 23.3 Å². The van der Waals surface area contributed by atoms with Gasteiger partial charge in [0, 0.05) is 17.4 Å². The van der Waals surface area contributed by atoms with Crippen LogP contribution in [-0.4, -0.2) is 17.0 Å². The highest BCUT2D eigenvalue weighted by Crippen LogP contribution is 2.30. The zero-order valence-corrected chi connectivity index (χ0v) is 13.5. The molecule has 124 valence electrons. The van der Waals surface area contributed by atoms with Crippen molar-refractivity contribution in [1.29, 1.82) is 5.26 Å². The number of anilines is 1. The fraction of sp³-hybridized carbons (Fsp3) is 0.105. The molecule has 0 saturated heterocycles. The van der Waals surface area contributed by atoms with Crippen LogP contribution < -0.4 is 11.3 Å². The van der Waals surface area contributed by atoms with Gasteiger partial charge in [0.15, 0.2) is 0 Å². The standard InChI is InChI=1S/C19H15N3O3/c1-2-25-19(24)17-15-5-3-4-10-22(15)18(23)14(11-20)16(17)12-6-8-13(21)9-7-12/h3-10H,2,21H2,1H3. The third-order valence-corrected chi connectivity index (χ3v) is 3.84. The number of aromatic nitrogens is 1. The van der Waals surface area contributed by atoms with Gasteiger partial charge in [-0.25, -0.2) is 4.79 Å². The largest absolute Gasteiger partial charge is 0.462 e. The molecule has 0 bridgehead atoms. The van der Waals surface area contributed by atoms with Crippen molar-refractivity contribution in [2.24, 2.45) is 0 Å². The number of carbonyl (C=O) groups excluding carboxylic acids is 1. The molecule has 3 aromatic rings. The number of nitriles is 1. The lowest BCUT2D eigenvalue weighted by Gasteiger charge is -2.14. The van der Waals surface area contributed by atoms with E-state index in [1.165, 1.54) is 10.6 Å². The number of hydrogen-bond acceptors (Lipinski definition) is 5. The molecule has 3 rings (SSSR count). The molecule has 0 aliphatic rings. The second-order valence-corrected chi connectivity index (χ2v) is 5.34. The molecule has 1 aromatic carbocycles. The number of ether oxygens (including phenoxy) is 1. The van der Waals surface area contributed by atoms with E-state index in [2.05, 4.69) is 0 Å². The van der Waals surface area contributed by atoms with Gasteiger partial charge in [0.1, 0.15) is 11.6 Å². The first-order valence-electron chi connectivity index (χ1n) is 7.69. The van der Waals surface area contributed by atoms with Crippen LogP contribution in [0.2, 0.25) is 0 Å². The molecule has 6 nitrogen and oxygen atoms in total. The van der Waals surface area contributed by atoms with Crippen LogP contribution in [-0.2, 0) is 4.74 Å². The highest BCUT2D eigenvalue weighted by atomic mass is 16.5. The Balaban J connectivity index is 2.50. The summed E-state index contributed by atoms with van der Waals surface area (Å²) in [7, 11) is 0. The minimum atomic E-state index is -0.588. The first kappa shape index (κ1) is 16.3. The molecule has 0 amide bonds. The fourth-order valence-corrected chi connectivity index (χ4v) is 2.76. The first-order chi connectivity index (χ1) is 12.1. The Labute approximate surface area is 143 Å². The van der Waals surface area contributed by atoms with Gasteiger partial charge in [0.2, 0.25) is 0 Å². The Hall–Kier alpha value is -3.59. The van der Waals surface area contributed by atoms with Crippen molar-refractivity contribution in [3.63, 3.8) is 0 Å². The Kier molecular flexibility index (Phi) is 4.23. The number of esters is 1. The predicted molar refractivity (Wildman–Crippen MR) is 94.2 cm³/mol. The van der Waals surface area contributed by atoms with Gasteiger partial charge >= 0.3 is 5.97 Å². The summed E-state index contributed by atoms with van der Waals surface area (Å²) >= 11 is 0. The summed E-state index contributed by atoms with van der Waals surface area (Å²) in [6.07, 6.45) is 1.52. The number of carbonyl (C=O) groups is 1. The smallest absolute Gasteiger partial charge is 0.340 e. The summed E-state index contributed by atoms with van der Waals surface area (Å²) in [5, 5.41) is 9.57. The molecule has 0 unspecified atom stereocenters. The highest BCUT2D eigenvalue weighted by molar-refractivity contribution is 6.05. The molecule has 0 aliphatic heterocycles. The second-order valence-electron chi connectivity index (χ2n) is 5.34. The minimum absolute atomic E-state index is 0.114. The highest BCUT2D eigenvalue weighted by Gasteiger charge is 2.24. The van der Waals surface area contributed by atoms with Crippen LogP contribution in [0.3, 0.4) is 0 Å². The van der Waals surface area contributed by atoms with Crippen molar-refractivity contribution >= 4 is 17.2 Å². The van der Waals surface area contributed by atoms with Gasteiger partial charge in [-0.2, -0.15) is 5.26 Å². The summed E-state index contributed by atoms with van der Waals surface area (Å²) in [5.74, 6) is -0.588. The lowest BCUT2D eigenvalue weighted by Crippen LogP contribution is -2.22. The molecule has 25 heavy (non-hydrogen) atoms.